The molecule has 17 heavy (non-hydrogen) atoms. The summed E-state index contributed by atoms with van der Waals surface area (Å²) in [7, 11) is 0. The summed E-state index contributed by atoms with van der Waals surface area (Å²) >= 11 is 0. The molecule has 1 aliphatic rings. The second kappa shape index (κ2) is 5.21. The van der Waals surface area contributed by atoms with Gasteiger partial charge in [0.1, 0.15) is 0 Å². The van der Waals surface area contributed by atoms with E-state index in [9.17, 15) is 4.79 Å². The van der Waals surface area contributed by atoms with Crippen molar-refractivity contribution in [2.24, 2.45) is 5.92 Å². The van der Waals surface area contributed by atoms with Crippen molar-refractivity contribution in [2.75, 3.05) is 17.2 Å². The van der Waals surface area contributed by atoms with Gasteiger partial charge in [-0.05, 0) is 42.5 Å². The first-order valence-corrected chi connectivity index (χ1v) is 6.32. The number of anilines is 2. The van der Waals surface area contributed by atoms with Gasteiger partial charge in [0.25, 0.3) is 0 Å². The summed E-state index contributed by atoms with van der Waals surface area (Å²) in [5.41, 5.74) is 3.41. The number of amides is 1. The van der Waals surface area contributed by atoms with Gasteiger partial charge in [-0.1, -0.05) is 13.8 Å². The van der Waals surface area contributed by atoms with Crippen molar-refractivity contribution >= 4 is 17.3 Å². The molecule has 3 heteroatoms. The van der Waals surface area contributed by atoms with Gasteiger partial charge in [-0.3, -0.25) is 4.79 Å². The zero-order valence-corrected chi connectivity index (χ0v) is 10.5. The first-order chi connectivity index (χ1) is 8.15. The van der Waals surface area contributed by atoms with Crippen LogP contribution in [0.5, 0.6) is 0 Å². The minimum Gasteiger partial charge on any atom is -0.384 e. The van der Waals surface area contributed by atoms with E-state index in [-0.39, 0.29) is 5.91 Å². The molecule has 0 bridgehead atoms. The summed E-state index contributed by atoms with van der Waals surface area (Å²) in [5.74, 6) is 0.689. The first-order valence-electron chi connectivity index (χ1n) is 6.32. The molecule has 0 aromatic heterocycles. The fourth-order valence-corrected chi connectivity index (χ4v) is 2.03. The Bertz CT molecular complexity index is 413. The molecule has 0 fully saturated rings. The van der Waals surface area contributed by atoms with Crippen molar-refractivity contribution in [1.29, 1.82) is 0 Å². The molecule has 0 saturated carbocycles. The van der Waals surface area contributed by atoms with E-state index in [4.69, 9.17) is 0 Å². The molecular formula is C14H20N2O. The topological polar surface area (TPSA) is 41.1 Å². The highest BCUT2D eigenvalue weighted by molar-refractivity contribution is 5.91. The molecule has 1 aliphatic heterocycles. The van der Waals surface area contributed by atoms with Crippen molar-refractivity contribution < 1.29 is 4.79 Å². The van der Waals surface area contributed by atoms with E-state index < -0.39 is 0 Å². The van der Waals surface area contributed by atoms with E-state index in [2.05, 4.69) is 30.5 Å². The Kier molecular flexibility index (Phi) is 3.67. The van der Waals surface area contributed by atoms with Gasteiger partial charge in [-0.2, -0.15) is 0 Å². The van der Waals surface area contributed by atoms with Crippen LogP contribution in [0.2, 0.25) is 0 Å². The van der Waals surface area contributed by atoms with Gasteiger partial charge in [0.2, 0.25) is 5.91 Å². The number of hydrogen-bond donors (Lipinski definition) is 2. The predicted octanol–water partition coefficient (Wildman–Crippen LogP) is 3.03. The zero-order chi connectivity index (χ0) is 12.3. The van der Waals surface area contributed by atoms with E-state index in [1.807, 2.05) is 12.1 Å². The third-order valence-electron chi connectivity index (χ3n) is 3.05. The van der Waals surface area contributed by atoms with Gasteiger partial charge in [0, 0.05) is 24.3 Å². The predicted molar refractivity (Wildman–Crippen MR) is 71.3 cm³/mol. The molecule has 1 aromatic carbocycles. The number of carbonyl (C=O) groups is 1. The molecule has 1 aromatic rings. The summed E-state index contributed by atoms with van der Waals surface area (Å²) in [6.45, 7) is 5.27. The normalized spacial score (nSPS) is 13.4. The standard InChI is InChI=1S/C14H20N2O/c1-10(2)3-6-14(17)16-12-4-5-13-11(9-12)7-8-15-13/h4-5,9-10,15H,3,6-8H2,1-2H3,(H,16,17). The highest BCUT2D eigenvalue weighted by Crippen LogP contribution is 2.25. The van der Waals surface area contributed by atoms with Crippen LogP contribution in [0.1, 0.15) is 32.3 Å². The summed E-state index contributed by atoms with van der Waals surface area (Å²) in [5, 5.41) is 6.27. The van der Waals surface area contributed by atoms with Crippen LogP contribution in [0.4, 0.5) is 11.4 Å². The Morgan fingerprint density at radius 2 is 2.29 bits per heavy atom. The summed E-state index contributed by atoms with van der Waals surface area (Å²) in [6.07, 6.45) is 2.59. The fourth-order valence-electron chi connectivity index (χ4n) is 2.03. The Labute approximate surface area is 103 Å². The summed E-state index contributed by atoms with van der Waals surface area (Å²) in [6, 6.07) is 6.08. The fraction of sp³-hybridized carbons (Fsp3) is 0.500. The Balaban J connectivity index is 1.92. The number of nitrogens with one attached hydrogen (secondary N) is 2. The van der Waals surface area contributed by atoms with Crippen LogP contribution in [0.25, 0.3) is 0 Å². The largest absolute Gasteiger partial charge is 0.384 e. The maximum Gasteiger partial charge on any atom is 0.224 e. The number of hydrogen-bond acceptors (Lipinski definition) is 2. The molecule has 0 radical (unpaired) electrons. The molecular weight excluding hydrogens is 212 g/mol. The van der Waals surface area contributed by atoms with Crippen molar-refractivity contribution in [3.63, 3.8) is 0 Å². The molecule has 0 aliphatic carbocycles. The Morgan fingerprint density at radius 1 is 1.47 bits per heavy atom. The van der Waals surface area contributed by atoms with Crippen LogP contribution in [-0.4, -0.2) is 12.5 Å². The van der Waals surface area contributed by atoms with Gasteiger partial charge in [-0.25, -0.2) is 0 Å². The summed E-state index contributed by atoms with van der Waals surface area (Å²) in [4.78, 5) is 11.7. The van der Waals surface area contributed by atoms with Crippen LogP contribution in [0.3, 0.4) is 0 Å². The molecule has 0 unspecified atom stereocenters. The first kappa shape index (κ1) is 12.0. The molecule has 2 N–H and O–H groups in total. The number of rotatable bonds is 4. The van der Waals surface area contributed by atoms with Gasteiger partial charge >= 0.3 is 0 Å². The van der Waals surface area contributed by atoms with Gasteiger partial charge in [-0.15, -0.1) is 0 Å². The smallest absolute Gasteiger partial charge is 0.224 e. The number of carbonyl (C=O) groups excluding carboxylic acids is 1. The van der Waals surface area contributed by atoms with Crippen LogP contribution in [-0.2, 0) is 11.2 Å². The van der Waals surface area contributed by atoms with E-state index in [0.717, 1.165) is 25.1 Å². The van der Waals surface area contributed by atoms with E-state index >= 15 is 0 Å². The molecule has 92 valence electrons. The lowest BCUT2D eigenvalue weighted by Crippen LogP contribution is -2.12. The quantitative estimate of drug-likeness (QED) is 0.837. The van der Waals surface area contributed by atoms with E-state index in [1.54, 1.807) is 0 Å². The van der Waals surface area contributed by atoms with E-state index in [0.29, 0.717) is 12.3 Å². The van der Waals surface area contributed by atoms with Crippen LogP contribution < -0.4 is 10.6 Å². The molecule has 0 spiro atoms. The van der Waals surface area contributed by atoms with Crippen LogP contribution in [0, 0.1) is 5.92 Å². The maximum atomic E-state index is 11.7. The van der Waals surface area contributed by atoms with Crippen LogP contribution >= 0.6 is 0 Å². The molecule has 0 saturated heterocycles. The van der Waals surface area contributed by atoms with Crippen LogP contribution in [0.15, 0.2) is 18.2 Å². The average molecular weight is 232 g/mol. The van der Waals surface area contributed by atoms with Gasteiger partial charge in [0.05, 0.1) is 0 Å². The molecule has 0 atom stereocenters. The van der Waals surface area contributed by atoms with E-state index in [1.165, 1.54) is 11.3 Å². The van der Waals surface area contributed by atoms with Gasteiger partial charge in [0.15, 0.2) is 0 Å². The SMILES string of the molecule is CC(C)CCC(=O)Nc1ccc2c(c1)CCN2. The number of fused-ring (bicyclic) bond motifs is 1. The lowest BCUT2D eigenvalue weighted by atomic mass is 10.1. The Hall–Kier alpha value is -1.51. The Morgan fingerprint density at radius 3 is 3.06 bits per heavy atom. The van der Waals surface area contributed by atoms with Crippen molar-refractivity contribution in [1.82, 2.24) is 0 Å². The molecule has 1 amide bonds. The average Bonchev–Trinajstić information content (AvgIpc) is 2.73. The summed E-state index contributed by atoms with van der Waals surface area (Å²) < 4.78 is 0. The molecule has 2 rings (SSSR count). The second-order valence-corrected chi connectivity index (χ2v) is 5.03. The number of benzene rings is 1. The zero-order valence-electron chi connectivity index (χ0n) is 10.5. The third kappa shape index (κ3) is 3.22. The minimum atomic E-state index is 0.115. The van der Waals surface area contributed by atoms with Gasteiger partial charge < -0.3 is 10.6 Å². The highest BCUT2D eigenvalue weighted by Gasteiger charge is 2.11. The molecule has 1 heterocycles. The maximum absolute atomic E-state index is 11.7. The lowest BCUT2D eigenvalue weighted by Gasteiger charge is -2.08. The highest BCUT2D eigenvalue weighted by atomic mass is 16.1. The monoisotopic (exact) mass is 232 g/mol. The minimum absolute atomic E-state index is 0.115. The van der Waals surface area contributed by atoms with Crippen molar-refractivity contribution in [3.05, 3.63) is 23.8 Å². The molecule has 3 nitrogen and oxygen atoms in total. The van der Waals surface area contributed by atoms with Crippen molar-refractivity contribution in [3.8, 4) is 0 Å². The van der Waals surface area contributed by atoms with Crippen molar-refractivity contribution in [2.45, 2.75) is 33.1 Å². The second-order valence-electron chi connectivity index (χ2n) is 5.03. The lowest BCUT2D eigenvalue weighted by molar-refractivity contribution is -0.116. The third-order valence-corrected chi connectivity index (χ3v) is 3.05.